The van der Waals surface area contributed by atoms with Gasteiger partial charge in [0.25, 0.3) is 0 Å². The average molecular weight is 573 g/mol. The molecule has 2 aromatic carbocycles. The van der Waals surface area contributed by atoms with Crippen LogP contribution in [0.25, 0.3) is 0 Å². The smallest absolute Gasteiger partial charge is 0.305 e. The maximum absolute atomic E-state index is 14.3. The lowest BCUT2D eigenvalue weighted by molar-refractivity contribution is -0.142. The summed E-state index contributed by atoms with van der Waals surface area (Å²) in [5.74, 6) is -5.08. The van der Waals surface area contributed by atoms with Crippen LogP contribution in [0.15, 0.2) is 66.2 Å². The number of nitrogens with zero attached hydrogens (tertiary/aromatic N) is 2. The molecule has 2 aliphatic carbocycles. The number of benzene rings is 2. The van der Waals surface area contributed by atoms with Gasteiger partial charge < -0.3 is 14.9 Å². The van der Waals surface area contributed by atoms with E-state index in [1.165, 1.54) is 4.90 Å². The number of carbonyl (C=O) groups excluding carboxylic acids is 4. The van der Waals surface area contributed by atoms with Gasteiger partial charge in [0.2, 0.25) is 23.6 Å². The third-order valence-corrected chi connectivity index (χ3v) is 9.50. The minimum Gasteiger partial charge on any atom is -0.491 e. The molecule has 4 aliphatic rings. The number of anilines is 1. The first-order chi connectivity index (χ1) is 20.2. The molecule has 0 radical (unpaired) electrons. The molecule has 6 atom stereocenters. The zero-order valence-electron chi connectivity index (χ0n) is 23.1. The number of hydrogen-bond donors (Lipinski definition) is 2. The highest BCUT2D eigenvalue weighted by atomic mass is 16.5. The quantitative estimate of drug-likeness (QED) is 0.363. The van der Waals surface area contributed by atoms with Crippen LogP contribution in [-0.2, 0) is 24.0 Å². The van der Waals surface area contributed by atoms with E-state index >= 15 is 0 Å². The SMILES string of the molecule is C[C@@]12C(=O)N(c3ccccc3)C(=O)[C@@H]1C[C@@H]1C(=CC[C@@H]3C(=O)N(CCC(=O)O)C(=O)[C@@H]31)[C@@H]2c1ccc(OCCO)cc1. The zero-order chi connectivity index (χ0) is 29.8. The molecule has 0 bridgehead atoms. The van der Waals surface area contributed by atoms with Crippen LogP contribution in [-0.4, -0.2) is 64.5 Å². The first-order valence-corrected chi connectivity index (χ1v) is 14.2. The molecule has 10 nitrogen and oxygen atoms in total. The summed E-state index contributed by atoms with van der Waals surface area (Å²) in [5.41, 5.74) is 0.973. The Hall–Kier alpha value is -4.31. The Kier molecular flexibility index (Phi) is 6.97. The van der Waals surface area contributed by atoms with Crippen molar-refractivity contribution >= 4 is 35.3 Å². The first kappa shape index (κ1) is 27.8. The number of aliphatic hydroxyl groups is 1. The predicted molar refractivity (Wildman–Crippen MR) is 149 cm³/mol. The number of carboxylic acid groups (broad SMARTS) is 1. The van der Waals surface area contributed by atoms with Crippen LogP contribution in [0.3, 0.4) is 0 Å². The van der Waals surface area contributed by atoms with Gasteiger partial charge in [-0.15, -0.1) is 0 Å². The average Bonchev–Trinajstić information content (AvgIpc) is 3.35. The second-order valence-electron chi connectivity index (χ2n) is 11.6. The molecular formula is C32H32N2O8. The molecule has 2 heterocycles. The summed E-state index contributed by atoms with van der Waals surface area (Å²) in [6.45, 7) is 1.63. The molecule has 0 unspecified atom stereocenters. The van der Waals surface area contributed by atoms with E-state index in [0.717, 1.165) is 16.0 Å². The van der Waals surface area contributed by atoms with Crippen LogP contribution in [0, 0.1) is 29.1 Å². The standard InChI is InChI=1S/C32H32N2O8/c1-32-24(29(39)34(31(32)41)19-5-3-2-4-6-19)17-23-21(27(32)18-7-9-20(10-8-18)42-16-15-35)11-12-22-26(23)30(40)33(28(22)38)14-13-25(36)37/h2-11,22-24,26-27,35H,12-17H2,1H3,(H,36,37)/t22-,23+,24-,26-,27-,32+/m0/s1. The topological polar surface area (TPSA) is 142 Å². The number of carbonyl (C=O) groups is 5. The highest BCUT2D eigenvalue weighted by Gasteiger charge is 2.67. The van der Waals surface area contributed by atoms with Crippen LogP contribution < -0.4 is 9.64 Å². The maximum Gasteiger partial charge on any atom is 0.305 e. The molecule has 4 amide bonds. The minimum atomic E-state index is -1.15. The normalized spacial score (nSPS) is 30.1. The van der Waals surface area contributed by atoms with Crippen molar-refractivity contribution in [2.24, 2.45) is 29.1 Å². The lowest BCUT2D eigenvalue weighted by atomic mass is 9.51. The monoisotopic (exact) mass is 572 g/mol. The van der Waals surface area contributed by atoms with Gasteiger partial charge in [-0.3, -0.25) is 28.9 Å². The summed E-state index contributed by atoms with van der Waals surface area (Å²) in [5, 5.41) is 18.3. The number of amides is 4. The number of carboxylic acids is 1. The summed E-state index contributed by atoms with van der Waals surface area (Å²) in [6, 6.07) is 16.0. The summed E-state index contributed by atoms with van der Waals surface area (Å²) < 4.78 is 5.54. The minimum absolute atomic E-state index is 0.131. The third-order valence-electron chi connectivity index (χ3n) is 9.50. The van der Waals surface area contributed by atoms with Crippen molar-refractivity contribution in [1.29, 1.82) is 0 Å². The van der Waals surface area contributed by atoms with E-state index in [2.05, 4.69) is 0 Å². The highest BCUT2D eigenvalue weighted by Crippen LogP contribution is 2.63. The van der Waals surface area contributed by atoms with Gasteiger partial charge in [0.15, 0.2) is 0 Å². The Bertz CT molecular complexity index is 1490. The van der Waals surface area contributed by atoms with Crippen molar-refractivity contribution < 1.29 is 38.9 Å². The largest absolute Gasteiger partial charge is 0.491 e. The molecule has 218 valence electrons. The second-order valence-corrected chi connectivity index (χ2v) is 11.6. The van der Waals surface area contributed by atoms with Crippen molar-refractivity contribution in [1.82, 2.24) is 4.90 Å². The van der Waals surface area contributed by atoms with Gasteiger partial charge >= 0.3 is 5.97 Å². The summed E-state index contributed by atoms with van der Waals surface area (Å²) in [6.07, 6.45) is 2.15. The summed E-state index contributed by atoms with van der Waals surface area (Å²) in [7, 11) is 0. The third kappa shape index (κ3) is 4.15. The summed E-state index contributed by atoms with van der Waals surface area (Å²) >= 11 is 0. The van der Waals surface area contributed by atoms with Crippen LogP contribution in [0.2, 0.25) is 0 Å². The summed E-state index contributed by atoms with van der Waals surface area (Å²) in [4.78, 5) is 68.9. The Morgan fingerprint density at radius 3 is 2.36 bits per heavy atom. The number of para-hydroxylation sites is 1. The van der Waals surface area contributed by atoms with Crippen molar-refractivity contribution in [3.8, 4) is 5.75 Å². The lowest BCUT2D eigenvalue weighted by Gasteiger charge is -2.49. The molecule has 2 saturated heterocycles. The molecule has 6 rings (SSSR count). The van der Waals surface area contributed by atoms with E-state index in [4.69, 9.17) is 14.9 Å². The van der Waals surface area contributed by atoms with Crippen molar-refractivity contribution in [2.45, 2.75) is 32.1 Å². The van der Waals surface area contributed by atoms with E-state index in [1.54, 1.807) is 36.4 Å². The first-order valence-electron chi connectivity index (χ1n) is 14.2. The number of likely N-dealkylation sites (tertiary alicyclic amines) is 1. The molecule has 42 heavy (non-hydrogen) atoms. The second kappa shape index (κ2) is 10.5. The fourth-order valence-electron chi connectivity index (χ4n) is 7.63. The van der Waals surface area contributed by atoms with E-state index in [9.17, 15) is 24.0 Å². The molecular weight excluding hydrogens is 540 g/mol. The van der Waals surface area contributed by atoms with Crippen molar-refractivity contribution in [3.63, 3.8) is 0 Å². The van der Waals surface area contributed by atoms with Gasteiger partial charge in [-0.05, 0) is 55.5 Å². The van der Waals surface area contributed by atoms with E-state index < -0.39 is 46.9 Å². The fraction of sp³-hybridized carbons (Fsp3) is 0.406. The zero-order valence-corrected chi connectivity index (χ0v) is 23.1. The Balaban J connectivity index is 1.44. The molecule has 10 heteroatoms. The molecule has 2 aromatic rings. The van der Waals surface area contributed by atoms with Gasteiger partial charge in [0.1, 0.15) is 12.4 Å². The number of aliphatic hydroxyl groups excluding tert-OH is 1. The lowest BCUT2D eigenvalue weighted by Crippen LogP contribution is -2.48. The number of allylic oxidation sites excluding steroid dienone is 2. The number of hydrogen-bond acceptors (Lipinski definition) is 7. The van der Waals surface area contributed by atoms with Gasteiger partial charge in [0, 0.05) is 12.5 Å². The van der Waals surface area contributed by atoms with Crippen LogP contribution in [0.4, 0.5) is 5.69 Å². The van der Waals surface area contributed by atoms with Crippen LogP contribution >= 0.6 is 0 Å². The van der Waals surface area contributed by atoms with Gasteiger partial charge in [-0.2, -0.15) is 0 Å². The molecule has 2 N–H and O–H groups in total. The van der Waals surface area contributed by atoms with Crippen molar-refractivity contribution in [2.75, 3.05) is 24.7 Å². The molecule has 2 aliphatic heterocycles. The van der Waals surface area contributed by atoms with E-state index in [0.29, 0.717) is 17.9 Å². The number of rotatable bonds is 8. The fourth-order valence-corrected chi connectivity index (χ4v) is 7.63. The molecule has 3 fully saturated rings. The Morgan fingerprint density at radius 1 is 0.976 bits per heavy atom. The Labute approximate surface area is 242 Å². The van der Waals surface area contributed by atoms with Gasteiger partial charge in [-0.1, -0.05) is 42.0 Å². The Morgan fingerprint density at radius 2 is 1.69 bits per heavy atom. The number of aliphatic carboxylic acids is 1. The van der Waals surface area contributed by atoms with Crippen LogP contribution in [0.1, 0.15) is 37.7 Å². The van der Waals surface area contributed by atoms with E-state index in [1.807, 2.05) is 31.2 Å². The number of ether oxygens (including phenoxy) is 1. The van der Waals surface area contributed by atoms with Gasteiger partial charge in [-0.25, -0.2) is 4.90 Å². The molecule has 0 spiro atoms. The number of imide groups is 2. The maximum atomic E-state index is 14.3. The van der Waals surface area contributed by atoms with Crippen LogP contribution in [0.5, 0.6) is 5.75 Å². The highest BCUT2D eigenvalue weighted by molar-refractivity contribution is 6.24. The van der Waals surface area contributed by atoms with E-state index in [-0.39, 0.29) is 50.3 Å². The number of fused-ring (bicyclic) bond motifs is 4. The van der Waals surface area contributed by atoms with Gasteiger partial charge in [0.05, 0.1) is 41.9 Å². The predicted octanol–water partition coefficient (Wildman–Crippen LogP) is 2.76. The molecule has 1 saturated carbocycles. The molecule has 0 aromatic heterocycles. The van der Waals surface area contributed by atoms with Crippen molar-refractivity contribution in [3.05, 3.63) is 71.8 Å².